The van der Waals surface area contributed by atoms with Gasteiger partial charge >= 0.3 is 5.97 Å². The summed E-state index contributed by atoms with van der Waals surface area (Å²) in [6, 6.07) is 3.91. The number of nitrogens with one attached hydrogen (secondary N) is 1. The molecule has 18 heavy (non-hydrogen) atoms. The van der Waals surface area contributed by atoms with E-state index < -0.39 is 0 Å². The Morgan fingerprint density at radius 3 is 2.67 bits per heavy atom. The molecule has 1 aromatic rings. The Morgan fingerprint density at radius 2 is 2.00 bits per heavy atom. The van der Waals surface area contributed by atoms with Crippen molar-refractivity contribution in [3.05, 3.63) is 28.4 Å². The first-order valence-electron chi connectivity index (χ1n) is 5.58. The van der Waals surface area contributed by atoms with Crippen molar-refractivity contribution in [2.45, 2.75) is 13.3 Å². The molecule has 0 aliphatic heterocycles. The Labute approximate surface area is 148 Å². The van der Waals surface area contributed by atoms with E-state index in [2.05, 4.69) is 80.0 Å². The maximum absolute atomic E-state index is 11.9. The molecular weight excluding hydrogens is 571 g/mol. The summed E-state index contributed by atoms with van der Waals surface area (Å²) in [6.07, 6.45) is 1.08. The van der Waals surface area contributed by atoms with Crippen molar-refractivity contribution in [1.82, 2.24) is 5.32 Å². The minimum Gasteiger partial charge on any atom is -0.461 e. The first kappa shape index (κ1) is 16.9. The van der Waals surface area contributed by atoms with Crippen LogP contribution in [0.25, 0.3) is 0 Å². The molecule has 0 saturated heterocycles. The molecule has 3 nitrogen and oxygen atoms in total. The molecule has 0 aliphatic rings. The van der Waals surface area contributed by atoms with Crippen molar-refractivity contribution in [2.24, 2.45) is 0 Å². The van der Waals surface area contributed by atoms with Crippen LogP contribution < -0.4 is 5.32 Å². The van der Waals surface area contributed by atoms with Crippen LogP contribution in [0.3, 0.4) is 0 Å². The second kappa shape index (κ2) is 8.90. The molecule has 0 fully saturated rings. The smallest absolute Gasteiger partial charge is 0.339 e. The van der Waals surface area contributed by atoms with Gasteiger partial charge in [-0.2, -0.15) is 0 Å². The van der Waals surface area contributed by atoms with E-state index in [1.165, 1.54) is 0 Å². The maximum atomic E-state index is 11.9. The van der Waals surface area contributed by atoms with Crippen LogP contribution in [-0.4, -0.2) is 25.7 Å². The van der Waals surface area contributed by atoms with Gasteiger partial charge in [-0.1, -0.05) is 6.92 Å². The Kier molecular flexibility index (Phi) is 8.35. The Balaban J connectivity index is 2.56. The van der Waals surface area contributed by atoms with Crippen molar-refractivity contribution < 1.29 is 9.53 Å². The largest absolute Gasteiger partial charge is 0.461 e. The summed E-state index contributed by atoms with van der Waals surface area (Å²) in [5.74, 6) is -0.242. The lowest BCUT2D eigenvalue weighted by Crippen LogP contribution is -2.22. The summed E-state index contributed by atoms with van der Waals surface area (Å²) < 4.78 is 8.34. The van der Waals surface area contributed by atoms with Gasteiger partial charge in [0, 0.05) is 17.3 Å². The molecule has 0 heterocycles. The number of hydrogen-bond donors (Lipinski definition) is 1. The third-order valence-corrected chi connectivity index (χ3v) is 5.82. The summed E-state index contributed by atoms with van der Waals surface area (Å²) >= 11 is 6.63. The number of rotatable bonds is 6. The second-order valence-electron chi connectivity index (χ2n) is 3.64. The highest BCUT2D eigenvalue weighted by atomic mass is 127. The van der Waals surface area contributed by atoms with Crippen LogP contribution in [0.4, 0.5) is 0 Å². The van der Waals surface area contributed by atoms with Gasteiger partial charge < -0.3 is 10.1 Å². The number of ether oxygens (including phenoxy) is 1. The van der Waals surface area contributed by atoms with E-state index in [0.717, 1.165) is 23.7 Å². The number of esters is 1. The molecule has 0 aromatic heterocycles. The fourth-order valence-corrected chi connectivity index (χ4v) is 3.68. The van der Waals surface area contributed by atoms with E-state index in [0.29, 0.717) is 18.7 Å². The van der Waals surface area contributed by atoms with Crippen LogP contribution in [0, 0.1) is 10.7 Å². The van der Waals surface area contributed by atoms with Gasteiger partial charge in [0.15, 0.2) is 0 Å². The minimum absolute atomic E-state index is 0.242. The van der Waals surface area contributed by atoms with Gasteiger partial charge in [0.2, 0.25) is 0 Å². The van der Waals surface area contributed by atoms with E-state index in [4.69, 9.17) is 4.74 Å². The SMILES string of the molecule is CCCNCCOC(=O)c1cc(I)cc(I)c1I. The molecule has 1 N–H and O–H groups in total. The highest BCUT2D eigenvalue weighted by Crippen LogP contribution is 2.23. The van der Waals surface area contributed by atoms with Crippen LogP contribution in [0.2, 0.25) is 0 Å². The molecule has 0 unspecified atom stereocenters. The molecule has 0 amide bonds. The molecule has 0 saturated carbocycles. The van der Waals surface area contributed by atoms with Gasteiger partial charge in [-0.25, -0.2) is 4.79 Å². The quantitative estimate of drug-likeness (QED) is 0.240. The molecule has 1 rings (SSSR count). The summed E-state index contributed by atoms with van der Waals surface area (Å²) in [5.41, 5.74) is 0.655. The molecule has 0 spiro atoms. The normalized spacial score (nSPS) is 10.4. The van der Waals surface area contributed by atoms with E-state index in [1.54, 1.807) is 0 Å². The standard InChI is InChI=1S/C12H14I3NO2/c1-2-3-16-4-5-18-12(17)9-6-8(13)7-10(14)11(9)15/h6-7,16H,2-5H2,1H3. The molecule has 100 valence electrons. The van der Waals surface area contributed by atoms with Gasteiger partial charge in [0.05, 0.1) is 5.56 Å². The third-order valence-electron chi connectivity index (χ3n) is 2.15. The first-order valence-corrected chi connectivity index (χ1v) is 8.82. The lowest BCUT2D eigenvalue weighted by molar-refractivity contribution is 0.0507. The van der Waals surface area contributed by atoms with E-state index in [9.17, 15) is 4.79 Å². The lowest BCUT2D eigenvalue weighted by atomic mass is 10.2. The zero-order valence-corrected chi connectivity index (χ0v) is 16.4. The Morgan fingerprint density at radius 1 is 1.28 bits per heavy atom. The van der Waals surface area contributed by atoms with Gasteiger partial charge in [0.25, 0.3) is 0 Å². The molecule has 0 aliphatic carbocycles. The van der Waals surface area contributed by atoms with Crippen molar-refractivity contribution >= 4 is 73.7 Å². The molecule has 0 radical (unpaired) electrons. The summed E-state index contributed by atoms with van der Waals surface area (Å²) in [4.78, 5) is 11.9. The van der Waals surface area contributed by atoms with E-state index >= 15 is 0 Å². The first-order chi connectivity index (χ1) is 8.56. The number of carbonyl (C=O) groups is 1. The maximum Gasteiger partial charge on any atom is 0.339 e. The Hall–Kier alpha value is 0.840. The fourth-order valence-electron chi connectivity index (χ4n) is 1.30. The second-order valence-corrected chi connectivity index (χ2v) is 7.12. The van der Waals surface area contributed by atoms with Crippen molar-refractivity contribution in [3.8, 4) is 0 Å². The van der Waals surface area contributed by atoms with Crippen LogP contribution in [0.15, 0.2) is 12.1 Å². The third kappa shape index (κ3) is 5.45. The monoisotopic (exact) mass is 585 g/mol. The number of carbonyl (C=O) groups excluding carboxylic acids is 1. The molecular formula is C12H14I3NO2. The molecule has 0 bridgehead atoms. The predicted octanol–water partition coefficient (Wildman–Crippen LogP) is 3.66. The van der Waals surface area contributed by atoms with Crippen molar-refractivity contribution in [2.75, 3.05) is 19.7 Å². The summed E-state index contributed by atoms with van der Waals surface area (Å²) in [5, 5.41) is 3.20. The fraction of sp³-hybridized carbons (Fsp3) is 0.417. The zero-order chi connectivity index (χ0) is 13.5. The number of hydrogen-bond acceptors (Lipinski definition) is 3. The molecule has 1 aromatic carbocycles. The van der Waals surface area contributed by atoms with Crippen molar-refractivity contribution in [3.63, 3.8) is 0 Å². The van der Waals surface area contributed by atoms with E-state index in [-0.39, 0.29) is 5.97 Å². The van der Waals surface area contributed by atoms with E-state index in [1.807, 2.05) is 12.1 Å². The number of benzene rings is 1. The highest BCUT2D eigenvalue weighted by Gasteiger charge is 2.14. The molecule has 0 atom stereocenters. The van der Waals surface area contributed by atoms with Crippen LogP contribution in [-0.2, 0) is 4.74 Å². The highest BCUT2D eigenvalue weighted by molar-refractivity contribution is 14.1. The summed E-state index contributed by atoms with van der Waals surface area (Å²) in [7, 11) is 0. The predicted molar refractivity (Wildman–Crippen MR) is 98.0 cm³/mol. The van der Waals surface area contributed by atoms with Crippen LogP contribution in [0.1, 0.15) is 23.7 Å². The average Bonchev–Trinajstić information content (AvgIpc) is 2.33. The average molecular weight is 585 g/mol. The minimum atomic E-state index is -0.242. The van der Waals surface area contributed by atoms with Gasteiger partial charge in [-0.3, -0.25) is 0 Å². The molecule has 6 heteroatoms. The Bertz CT molecular complexity index is 424. The van der Waals surface area contributed by atoms with Crippen molar-refractivity contribution in [1.29, 1.82) is 0 Å². The van der Waals surface area contributed by atoms with Gasteiger partial charge in [-0.05, 0) is 92.9 Å². The zero-order valence-electron chi connectivity index (χ0n) is 9.93. The van der Waals surface area contributed by atoms with Crippen LogP contribution >= 0.6 is 67.8 Å². The summed E-state index contributed by atoms with van der Waals surface area (Å²) in [6.45, 7) is 4.18. The van der Waals surface area contributed by atoms with Crippen LogP contribution in [0.5, 0.6) is 0 Å². The number of halogens is 3. The van der Waals surface area contributed by atoms with Gasteiger partial charge in [0.1, 0.15) is 6.61 Å². The lowest BCUT2D eigenvalue weighted by Gasteiger charge is -2.08. The topological polar surface area (TPSA) is 38.3 Å². The van der Waals surface area contributed by atoms with Gasteiger partial charge in [-0.15, -0.1) is 0 Å².